The minimum absolute atomic E-state index is 0.136. The van der Waals surface area contributed by atoms with Crippen molar-refractivity contribution in [1.82, 2.24) is 10.4 Å². The number of carbonyl (C=O) groups is 1. The molecule has 2 rings (SSSR count). The zero-order valence-electron chi connectivity index (χ0n) is 11.1. The molecule has 0 spiro atoms. The lowest BCUT2D eigenvalue weighted by atomic mass is 10.2. The SMILES string of the molecule is Cc1ccc(SCC(=O)N/N=C\c2ccccn2)cc1. The number of hydrogen-bond acceptors (Lipinski definition) is 4. The van der Waals surface area contributed by atoms with Crippen LogP contribution in [0.5, 0.6) is 0 Å². The lowest BCUT2D eigenvalue weighted by Gasteiger charge is -2.01. The molecule has 1 aromatic heterocycles. The monoisotopic (exact) mass is 285 g/mol. The van der Waals surface area contributed by atoms with Gasteiger partial charge in [0.25, 0.3) is 0 Å². The molecule has 1 N–H and O–H groups in total. The van der Waals surface area contributed by atoms with Gasteiger partial charge in [-0.05, 0) is 31.2 Å². The van der Waals surface area contributed by atoms with Crippen molar-refractivity contribution >= 4 is 23.9 Å². The van der Waals surface area contributed by atoms with Crippen molar-refractivity contribution in [3.8, 4) is 0 Å². The van der Waals surface area contributed by atoms with E-state index in [1.807, 2.05) is 49.4 Å². The Bertz CT molecular complexity index is 582. The van der Waals surface area contributed by atoms with Gasteiger partial charge in [-0.15, -0.1) is 11.8 Å². The number of nitrogens with zero attached hydrogens (tertiary/aromatic N) is 2. The number of amides is 1. The number of rotatable bonds is 5. The molecular weight excluding hydrogens is 270 g/mol. The van der Waals surface area contributed by atoms with Gasteiger partial charge in [0.05, 0.1) is 17.7 Å². The molecule has 0 aliphatic heterocycles. The van der Waals surface area contributed by atoms with E-state index >= 15 is 0 Å². The van der Waals surface area contributed by atoms with Crippen molar-refractivity contribution in [1.29, 1.82) is 0 Å². The van der Waals surface area contributed by atoms with E-state index in [-0.39, 0.29) is 5.91 Å². The molecule has 5 heteroatoms. The van der Waals surface area contributed by atoms with Gasteiger partial charge in [-0.3, -0.25) is 9.78 Å². The van der Waals surface area contributed by atoms with E-state index in [0.29, 0.717) is 11.4 Å². The lowest BCUT2D eigenvalue weighted by Crippen LogP contribution is -2.19. The Balaban J connectivity index is 1.76. The Morgan fingerprint density at radius 2 is 2.10 bits per heavy atom. The molecule has 0 atom stereocenters. The van der Waals surface area contributed by atoms with Crippen LogP contribution in [0, 0.1) is 6.92 Å². The van der Waals surface area contributed by atoms with Gasteiger partial charge in [0, 0.05) is 11.1 Å². The Hall–Kier alpha value is -2.14. The van der Waals surface area contributed by atoms with Crippen LogP contribution in [0.4, 0.5) is 0 Å². The Morgan fingerprint density at radius 3 is 2.80 bits per heavy atom. The van der Waals surface area contributed by atoms with Gasteiger partial charge in [0.1, 0.15) is 0 Å². The van der Waals surface area contributed by atoms with Gasteiger partial charge in [0.2, 0.25) is 5.91 Å². The van der Waals surface area contributed by atoms with Crippen LogP contribution in [0.25, 0.3) is 0 Å². The van der Waals surface area contributed by atoms with Gasteiger partial charge >= 0.3 is 0 Å². The van der Waals surface area contributed by atoms with Crippen LogP contribution >= 0.6 is 11.8 Å². The fourth-order valence-electron chi connectivity index (χ4n) is 1.44. The number of pyridine rings is 1. The van der Waals surface area contributed by atoms with Crippen molar-refractivity contribution < 1.29 is 4.79 Å². The molecule has 0 radical (unpaired) electrons. The summed E-state index contributed by atoms with van der Waals surface area (Å²) in [6, 6.07) is 13.6. The van der Waals surface area contributed by atoms with Crippen molar-refractivity contribution in [3.05, 3.63) is 59.9 Å². The summed E-state index contributed by atoms with van der Waals surface area (Å²) in [5.74, 6) is 0.200. The third kappa shape index (κ3) is 4.85. The van der Waals surface area contributed by atoms with Gasteiger partial charge in [-0.25, -0.2) is 5.43 Å². The first kappa shape index (κ1) is 14.3. The van der Waals surface area contributed by atoms with Crippen molar-refractivity contribution in [3.63, 3.8) is 0 Å². The number of nitrogens with one attached hydrogen (secondary N) is 1. The summed E-state index contributed by atoms with van der Waals surface area (Å²) in [6.07, 6.45) is 3.20. The highest BCUT2D eigenvalue weighted by Crippen LogP contribution is 2.17. The number of aromatic nitrogens is 1. The summed E-state index contributed by atoms with van der Waals surface area (Å²) in [4.78, 5) is 16.7. The molecule has 0 unspecified atom stereocenters. The summed E-state index contributed by atoms with van der Waals surface area (Å²) in [5, 5.41) is 3.87. The average molecular weight is 285 g/mol. The first-order valence-electron chi connectivity index (χ1n) is 6.16. The fourth-order valence-corrected chi connectivity index (χ4v) is 2.13. The molecule has 0 fully saturated rings. The van der Waals surface area contributed by atoms with Crippen LogP contribution < -0.4 is 5.43 Å². The average Bonchev–Trinajstić information content (AvgIpc) is 2.48. The van der Waals surface area contributed by atoms with E-state index in [1.165, 1.54) is 23.5 Å². The molecule has 20 heavy (non-hydrogen) atoms. The predicted molar refractivity (Wildman–Crippen MR) is 81.9 cm³/mol. The van der Waals surface area contributed by atoms with Crippen molar-refractivity contribution in [2.45, 2.75) is 11.8 Å². The minimum atomic E-state index is -0.136. The van der Waals surface area contributed by atoms with E-state index in [9.17, 15) is 4.79 Å². The molecule has 102 valence electrons. The van der Waals surface area contributed by atoms with E-state index < -0.39 is 0 Å². The van der Waals surface area contributed by atoms with Crippen molar-refractivity contribution in [2.75, 3.05) is 5.75 Å². The first-order valence-corrected chi connectivity index (χ1v) is 7.15. The first-order chi connectivity index (χ1) is 9.74. The Labute approximate surface area is 122 Å². The molecule has 1 heterocycles. The number of carbonyl (C=O) groups excluding carboxylic acids is 1. The van der Waals surface area contributed by atoms with Crippen LogP contribution in [-0.4, -0.2) is 22.9 Å². The lowest BCUT2D eigenvalue weighted by molar-refractivity contribution is -0.118. The molecule has 0 aliphatic carbocycles. The maximum atomic E-state index is 11.6. The molecule has 0 bridgehead atoms. The second kappa shape index (κ2) is 7.45. The maximum absolute atomic E-state index is 11.6. The quantitative estimate of drug-likeness (QED) is 0.522. The highest BCUT2D eigenvalue weighted by molar-refractivity contribution is 8.00. The molecule has 0 saturated heterocycles. The minimum Gasteiger partial charge on any atom is -0.272 e. The molecule has 0 saturated carbocycles. The highest BCUT2D eigenvalue weighted by atomic mass is 32.2. The maximum Gasteiger partial charge on any atom is 0.250 e. The van der Waals surface area contributed by atoms with Crippen LogP contribution in [0.1, 0.15) is 11.3 Å². The van der Waals surface area contributed by atoms with Crippen LogP contribution in [0.15, 0.2) is 58.7 Å². The second-order valence-corrected chi connectivity index (χ2v) is 5.20. The largest absolute Gasteiger partial charge is 0.272 e. The van der Waals surface area contributed by atoms with E-state index in [2.05, 4.69) is 15.5 Å². The Kier molecular flexibility index (Phi) is 5.32. The molecule has 2 aromatic rings. The van der Waals surface area contributed by atoms with Gasteiger partial charge in [-0.1, -0.05) is 23.8 Å². The third-order valence-corrected chi connectivity index (χ3v) is 3.48. The van der Waals surface area contributed by atoms with Gasteiger partial charge < -0.3 is 0 Å². The zero-order valence-corrected chi connectivity index (χ0v) is 11.9. The van der Waals surface area contributed by atoms with Gasteiger partial charge in [0.15, 0.2) is 0 Å². The smallest absolute Gasteiger partial charge is 0.250 e. The molecule has 1 aromatic carbocycles. The number of hydrogen-bond donors (Lipinski definition) is 1. The fraction of sp³-hybridized carbons (Fsp3) is 0.133. The normalized spacial score (nSPS) is 10.7. The molecule has 0 aliphatic rings. The zero-order chi connectivity index (χ0) is 14.2. The third-order valence-electron chi connectivity index (χ3n) is 2.46. The summed E-state index contributed by atoms with van der Waals surface area (Å²) >= 11 is 1.48. The molecule has 4 nitrogen and oxygen atoms in total. The van der Waals surface area contributed by atoms with Crippen LogP contribution in [0.2, 0.25) is 0 Å². The number of hydrazone groups is 1. The second-order valence-electron chi connectivity index (χ2n) is 4.15. The highest BCUT2D eigenvalue weighted by Gasteiger charge is 2.01. The summed E-state index contributed by atoms with van der Waals surface area (Å²) in [5.41, 5.74) is 4.40. The van der Waals surface area contributed by atoms with E-state index in [0.717, 1.165) is 4.90 Å². The van der Waals surface area contributed by atoms with Crippen LogP contribution in [0.3, 0.4) is 0 Å². The molecular formula is C15H15N3OS. The van der Waals surface area contributed by atoms with Crippen molar-refractivity contribution in [2.24, 2.45) is 5.10 Å². The van der Waals surface area contributed by atoms with Crippen LogP contribution in [-0.2, 0) is 4.79 Å². The number of benzene rings is 1. The standard InChI is InChI=1S/C15H15N3OS/c1-12-5-7-14(8-6-12)20-11-15(19)18-17-10-13-4-2-3-9-16-13/h2-10H,11H2,1H3,(H,18,19)/b17-10-. The summed E-state index contributed by atoms with van der Waals surface area (Å²) in [7, 11) is 0. The Morgan fingerprint density at radius 1 is 1.30 bits per heavy atom. The van der Waals surface area contributed by atoms with Gasteiger partial charge in [-0.2, -0.15) is 5.10 Å². The summed E-state index contributed by atoms with van der Waals surface area (Å²) in [6.45, 7) is 2.04. The topological polar surface area (TPSA) is 54.4 Å². The number of thioether (sulfide) groups is 1. The number of aryl methyl sites for hydroxylation is 1. The predicted octanol–water partition coefficient (Wildman–Crippen LogP) is 2.63. The molecule has 1 amide bonds. The summed E-state index contributed by atoms with van der Waals surface area (Å²) < 4.78 is 0. The van der Waals surface area contributed by atoms with E-state index in [4.69, 9.17) is 0 Å². The van der Waals surface area contributed by atoms with E-state index in [1.54, 1.807) is 6.20 Å².